The van der Waals surface area contributed by atoms with E-state index in [4.69, 9.17) is 9.84 Å². The number of hydrogen-bond acceptors (Lipinski definition) is 5. The van der Waals surface area contributed by atoms with Crippen molar-refractivity contribution in [2.75, 3.05) is 39.9 Å². The minimum absolute atomic E-state index is 0.0121. The number of carbonyl (C=O) groups is 1. The van der Waals surface area contributed by atoms with Gasteiger partial charge in [-0.1, -0.05) is 11.8 Å². The van der Waals surface area contributed by atoms with Crippen molar-refractivity contribution in [1.82, 2.24) is 15.2 Å². The third kappa shape index (κ3) is 4.83. The average Bonchev–Trinajstić information content (AvgIpc) is 2.51. The van der Waals surface area contributed by atoms with Crippen LogP contribution in [0.15, 0.2) is 18.5 Å². The number of nitrogens with one attached hydrogen (secondary N) is 1. The Balaban J connectivity index is 1.91. The molecule has 0 saturated carbocycles. The summed E-state index contributed by atoms with van der Waals surface area (Å²) in [6.07, 6.45) is 3.06. The van der Waals surface area contributed by atoms with Crippen molar-refractivity contribution in [3.05, 3.63) is 29.6 Å². The summed E-state index contributed by atoms with van der Waals surface area (Å²) < 4.78 is 5.59. The van der Waals surface area contributed by atoms with E-state index in [1.807, 2.05) is 7.05 Å². The van der Waals surface area contributed by atoms with Gasteiger partial charge in [0.2, 0.25) is 0 Å². The molecule has 112 valence electrons. The zero-order valence-corrected chi connectivity index (χ0v) is 12.0. The molecule has 6 nitrogen and oxygen atoms in total. The number of aliphatic hydroxyl groups excluding tert-OH is 1. The Labute approximate surface area is 124 Å². The molecule has 1 aromatic heterocycles. The van der Waals surface area contributed by atoms with Gasteiger partial charge in [0.25, 0.3) is 5.91 Å². The van der Waals surface area contributed by atoms with Crippen LogP contribution in [-0.2, 0) is 4.74 Å². The minimum atomic E-state index is -0.219. The molecule has 1 aliphatic heterocycles. The number of ether oxygens (including phenoxy) is 1. The molecule has 21 heavy (non-hydrogen) atoms. The fourth-order valence-electron chi connectivity index (χ4n) is 2.07. The van der Waals surface area contributed by atoms with E-state index in [-0.39, 0.29) is 18.6 Å². The largest absolute Gasteiger partial charge is 0.384 e. The van der Waals surface area contributed by atoms with E-state index >= 15 is 0 Å². The number of hydrogen-bond donors (Lipinski definition) is 2. The van der Waals surface area contributed by atoms with Gasteiger partial charge in [0, 0.05) is 37.6 Å². The molecular formula is C15H19N3O3. The normalized spacial score (nSPS) is 18.7. The molecule has 0 aromatic carbocycles. The van der Waals surface area contributed by atoms with Crippen LogP contribution in [0.1, 0.15) is 15.9 Å². The predicted molar refractivity (Wildman–Crippen MR) is 77.8 cm³/mol. The lowest BCUT2D eigenvalue weighted by Gasteiger charge is -2.30. The van der Waals surface area contributed by atoms with Crippen LogP contribution < -0.4 is 5.32 Å². The van der Waals surface area contributed by atoms with Crippen molar-refractivity contribution in [1.29, 1.82) is 0 Å². The monoisotopic (exact) mass is 289 g/mol. The highest BCUT2D eigenvalue weighted by molar-refractivity contribution is 5.94. The Kier molecular flexibility index (Phi) is 5.69. The first kappa shape index (κ1) is 15.4. The van der Waals surface area contributed by atoms with Crippen molar-refractivity contribution in [3.63, 3.8) is 0 Å². The summed E-state index contributed by atoms with van der Waals surface area (Å²) in [4.78, 5) is 18.2. The SMILES string of the molecule is CN1CCOC(CNC(=O)c2cncc(C#CCO)c2)C1. The maximum atomic E-state index is 12.1. The molecular weight excluding hydrogens is 270 g/mol. The molecule has 1 saturated heterocycles. The van der Waals surface area contributed by atoms with E-state index in [9.17, 15) is 4.79 Å². The Morgan fingerprint density at radius 3 is 3.24 bits per heavy atom. The Hall–Kier alpha value is -1.94. The van der Waals surface area contributed by atoms with Crippen molar-refractivity contribution in [3.8, 4) is 11.8 Å². The van der Waals surface area contributed by atoms with Crippen LogP contribution in [0.3, 0.4) is 0 Å². The molecule has 1 atom stereocenters. The first-order valence-corrected chi connectivity index (χ1v) is 6.82. The molecule has 0 aliphatic carbocycles. The van der Waals surface area contributed by atoms with E-state index in [0.717, 1.165) is 13.1 Å². The molecule has 1 aliphatic rings. The van der Waals surface area contributed by atoms with Crippen molar-refractivity contribution in [2.24, 2.45) is 0 Å². The molecule has 2 N–H and O–H groups in total. The lowest BCUT2D eigenvalue weighted by molar-refractivity contribution is -0.0175. The van der Waals surface area contributed by atoms with Gasteiger partial charge in [-0.2, -0.15) is 0 Å². The van der Waals surface area contributed by atoms with Crippen LogP contribution >= 0.6 is 0 Å². The number of nitrogens with zero attached hydrogens (tertiary/aromatic N) is 2. The van der Waals surface area contributed by atoms with Gasteiger partial charge in [0.05, 0.1) is 18.3 Å². The molecule has 1 aromatic rings. The van der Waals surface area contributed by atoms with Crippen LogP contribution in [0.2, 0.25) is 0 Å². The van der Waals surface area contributed by atoms with E-state index in [2.05, 4.69) is 27.0 Å². The third-order valence-electron chi connectivity index (χ3n) is 3.14. The van der Waals surface area contributed by atoms with Crippen LogP contribution in [0.25, 0.3) is 0 Å². The maximum Gasteiger partial charge on any atom is 0.252 e. The van der Waals surface area contributed by atoms with Gasteiger partial charge in [-0.3, -0.25) is 9.78 Å². The minimum Gasteiger partial charge on any atom is -0.384 e. The van der Waals surface area contributed by atoms with E-state index < -0.39 is 0 Å². The fourth-order valence-corrected chi connectivity index (χ4v) is 2.07. The van der Waals surface area contributed by atoms with E-state index in [0.29, 0.717) is 24.3 Å². The third-order valence-corrected chi connectivity index (χ3v) is 3.14. The zero-order chi connectivity index (χ0) is 15.1. The first-order chi connectivity index (χ1) is 10.2. The molecule has 1 amide bonds. The molecule has 6 heteroatoms. The van der Waals surface area contributed by atoms with Gasteiger partial charge < -0.3 is 20.1 Å². The highest BCUT2D eigenvalue weighted by atomic mass is 16.5. The molecule has 1 unspecified atom stereocenters. The Bertz CT molecular complexity index is 551. The number of rotatable bonds is 3. The number of pyridine rings is 1. The second kappa shape index (κ2) is 7.74. The molecule has 0 bridgehead atoms. The van der Waals surface area contributed by atoms with E-state index in [1.54, 1.807) is 12.3 Å². The smallest absolute Gasteiger partial charge is 0.252 e. The lowest BCUT2D eigenvalue weighted by Crippen LogP contribution is -2.45. The number of morpholine rings is 1. The summed E-state index contributed by atoms with van der Waals surface area (Å²) >= 11 is 0. The summed E-state index contributed by atoms with van der Waals surface area (Å²) in [7, 11) is 2.03. The van der Waals surface area contributed by atoms with Gasteiger partial charge in [0.1, 0.15) is 6.61 Å². The summed E-state index contributed by atoms with van der Waals surface area (Å²) in [5.41, 5.74) is 1.05. The summed E-state index contributed by atoms with van der Waals surface area (Å²) in [5.74, 6) is 5.05. The van der Waals surface area contributed by atoms with Crippen LogP contribution in [0.4, 0.5) is 0 Å². The maximum absolute atomic E-state index is 12.1. The van der Waals surface area contributed by atoms with Gasteiger partial charge in [-0.15, -0.1) is 0 Å². The predicted octanol–water partition coefficient (Wildman–Crippen LogP) is -0.514. The number of amides is 1. The second-order valence-corrected chi connectivity index (χ2v) is 4.89. The summed E-state index contributed by atoms with van der Waals surface area (Å²) in [6, 6.07) is 1.65. The zero-order valence-electron chi connectivity index (χ0n) is 12.0. The van der Waals surface area contributed by atoms with Crippen LogP contribution in [0.5, 0.6) is 0 Å². The molecule has 1 fully saturated rings. The number of likely N-dealkylation sites (N-methyl/N-ethyl adjacent to an activating group) is 1. The highest BCUT2D eigenvalue weighted by Gasteiger charge is 2.18. The molecule has 0 spiro atoms. The standard InChI is InChI=1S/C15H19N3O3/c1-18-4-6-21-14(11-18)10-17-15(20)13-7-12(3-2-5-19)8-16-9-13/h7-9,14,19H,4-6,10-11H2,1H3,(H,17,20). The van der Waals surface area contributed by atoms with Crippen molar-refractivity contribution in [2.45, 2.75) is 6.10 Å². The molecule has 0 radical (unpaired) electrons. The number of aliphatic hydroxyl groups is 1. The second-order valence-electron chi connectivity index (χ2n) is 4.89. The van der Waals surface area contributed by atoms with Crippen LogP contribution in [0, 0.1) is 11.8 Å². The molecule has 2 rings (SSSR count). The quantitative estimate of drug-likeness (QED) is 0.733. The van der Waals surface area contributed by atoms with Gasteiger partial charge in [0.15, 0.2) is 0 Å². The number of carbonyl (C=O) groups excluding carboxylic acids is 1. The Morgan fingerprint density at radius 2 is 2.48 bits per heavy atom. The fraction of sp³-hybridized carbons (Fsp3) is 0.467. The summed E-state index contributed by atoms with van der Waals surface area (Å²) in [5, 5.41) is 11.5. The summed E-state index contributed by atoms with van der Waals surface area (Å²) in [6.45, 7) is 2.66. The van der Waals surface area contributed by atoms with E-state index in [1.165, 1.54) is 6.20 Å². The van der Waals surface area contributed by atoms with Crippen LogP contribution in [-0.4, -0.2) is 66.9 Å². The molecule has 2 heterocycles. The van der Waals surface area contributed by atoms with Crippen molar-refractivity contribution < 1.29 is 14.6 Å². The van der Waals surface area contributed by atoms with Gasteiger partial charge in [-0.25, -0.2) is 0 Å². The average molecular weight is 289 g/mol. The topological polar surface area (TPSA) is 74.7 Å². The van der Waals surface area contributed by atoms with Gasteiger partial charge in [-0.05, 0) is 13.1 Å². The van der Waals surface area contributed by atoms with Gasteiger partial charge >= 0.3 is 0 Å². The number of aromatic nitrogens is 1. The van der Waals surface area contributed by atoms with Crippen molar-refractivity contribution >= 4 is 5.91 Å². The first-order valence-electron chi connectivity index (χ1n) is 6.82. The Morgan fingerprint density at radius 1 is 1.62 bits per heavy atom. The highest BCUT2D eigenvalue weighted by Crippen LogP contribution is 2.04. The lowest BCUT2D eigenvalue weighted by atomic mass is 10.2.